The average Bonchev–Trinajstić information content (AvgIpc) is 2.92. The van der Waals surface area contributed by atoms with E-state index in [2.05, 4.69) is 15.6 Å². The van der Waals surface area contributed by atoms with Crippen LogP contribution in [0.1, 0.15) is 12.7 Å². The molecule has 1 heterocycles. The summed E-state index contributed by atoms with van der Waals surface area (Å²) < 4.78 is 1.87. The van der Waals surface area contributed by atoms with Crippen molar-refractivity contribution in [2.45, 2.75) is 19.9 Å². The molecule has 1 aromatic heterocycles. The highest BCUT2D eigenvalue weighted by Crippen LogP contribution is 2.18. The van der Waals surface area contributed by atoms with Crippen LogP contribution in [0.15, 0.2) is 48.5 Å². The molecule has 3 aromatic rings. The van der Waals surface area contributed by atoms with Gasteiger partial charge in [0.25, 0.3) is 0 Å². The Labute approximate surface area is 156 Å². The van der Waals surface area contributed by atoms with Gasteiger partial charge in [0.1, 0.15) is 12.4 Å². The molecule has 7 heteroatoms. The molecule has 3 rings (SSSR count). The fraction of sp³-hybridized carbons (Fsp3) is 0.211. The molecule has 0 spiro atoms. The van der Waals surface area contributed by atoms with Crippen LogP contribution < -0.4 is 10.6 Å². The summed E-state index contributed by atoms with van der Waals surface area (Å²) in [6, 6.07) is 14.7. The summed E-state index contributed by atoms with van der Waals surface area (Å²) in [4.78, 5) is 28.2. The van der Waals surface area contributed by atoms with Crippen molar-refractivity contribution in [3.8, 4) is 0 Å². The lowest BCUT2D eigenvalue weighted by Crippen LogP contribution is -2.25. The van der Waals surface area contributed by atoms with Crippen molar-refractivity contribution >= 4 is 40.1 Å². The van der Waals surface area contributed by atoms with E-state index in [1.165, 1.54) is 6.92 Å². The predicted octanol–water partition coefficient (Wildman–Crippen LogP) is 3.01. The maximum Gasteiger partial charge on any atom is 0.244 e. The Kier molecular flexibility index (Phi) is 5.53. The number of fused-ring (bicyclic) bond motifs is 1. The van der Waals surface area contributed by atoms with Crippen molar-refractivity contribution < 1.29 is 9.59 Å². The third-order valence-corrected chi connectivity index (χ3v) is 4.10. The fourth-order valence-electron chi connectivity index (χ4n) is 2.75. The minimum atomic E-state index is -0.170. The number of carbonyl (C=O) groups excluding carboxylic acids is 2. The molecule has 6 nitrogen and oxygen atoms in total. The number of nitrogens with one attached hydrogen (secondary N) is 2. The van der Waals surface area contributed by atoms with Gasteiger partial charge in [-0.15, -0.1) is 0 Å². The summed E-state index contributed by atoms with van der Waals surface area (Å²) in [7, 11) is 0. The molecular weight excluding hydrogens is 352 g/mol. The maximum atomic E-state index is 12.5. The third-order valence-electron chi connectivity index (χ3n) is 3.87. The average molecular weight is 371 g/mol. The minimum Gasteiger partial charge on any atom is -0.356 e. The number of hydrogen-bond acceptors (Lipinski definition) is 3. The highest BCUT2D eigenvalue weighted by molar-refractivity contribution is 6.30. The van der Waals surface area contributed by atoms with Gasteiger partial charge in [0.15, 0.2) is 0 Å². The number of anilines is 1. The largest absolute Gasteiger partial charge is 0.356 e. The molecule has 2 aromatic carbocycles. The molecule has 0 aliphatic heterocycles. The molecule has 2 N–H and O–H groups in total. The molecule has 0 fully saturated rings. The Balaban J connectivity index is 1.80. The van der Waals surface area contributed by atoms with Gasteiger partial charge >= 0.3 is 0 Å². The van der Waals surface area contributed by atoms with Crippen LogP contribution in [0.25, 0.3) is 11.0 Å². The highest BCUT2D eigenvalue weighted by Gasteiger charge is 2.14. The van der Waals surface area contributed by atoms with Gasteiger partial charge in [-0.1, -0.05) is 29.8 Å². The molecule has 2 amide bonds. The van der Waals surface area contributed by atoms with Gasteiger partial charge in [-0.2, -0.15) is 0 Å². The molecule has 0 atom stereocenters. The van der Waals surface area contributed by atoms with E-state index in [-0.39, 0.29) is 18.4 Å². The summed E-state index contributed by atoms with van der Waals surface area (Å²) in [5.41, 5.74) is 2.35. The summed E-state index contributed by atoms with van der Waals surface area (Å²) in [5.74, 6) is 0.490. The Morgan fingerprint density at radius 2 is 1.96 bits per heavy atom. The van der Waals surface area contributed by atoms with Crippen LogP contribution in [-0.2, 0) is 22.6 Å². The monoisotopic (exact) mass is 370 g/mol. The number of aromatic nitrogens is 2. The van der Waals surface area contributed by atoms with Crippen LogP contribution in [0.4, 0.5) is 5.69 Å². The molecule has 0 bridgehead atoms. The summed E-state index contributed by atoms with van der Waals surface area (Å²) >= 11 is 5.96. The van der Waals surface area contributed by atoms with E-state index in [1.54, 1.807) is 24.3 Å². The number of carbonyl (C=O) groups is 2. The number of hydrogen-bond donors (Lipinski definition) is 2. The van der Waals surface area contributed by atoms with E-state index < -0.39 is 0 Å². The quantitative estimate of drug-likeness (QED) is 0.700. The van der Waals surface area contributed by atoms with Crippen molar-refractivity contribution in [2.75, 3.05) is 11.9 Å². The molecular formula is C19H19ClN4O2. The molecule has 0 radical (unpaired) electrons. The fourth-order valence-corrected chi connectivity index (χ4v) is 2.94. The molecule has 0 saturated heterocycles. The second-order valence-corrected chi connectivity index (χ2v) is 6.33. The predicted molar refractivity (Wildman–Crippen MR) is 102 cm³/mol. The smallest absolute Gasteiger partial charge is 0.244 e. The van der Waals surface area contributed by atoms with Crippen LogP contribution in [0.5, 0.6) is 0 Å². The van der Waals surface area contributed by atoms with Crippen LogP contribution >= 0.6 is 11.6 Å². The van der Waals surface area contributed by atoms with E-state index >= 15 is 0 Å². The Morgan fingerprint density at radius 3 is 2.73 bits per heavy atom. The normalized spacial score (nSPS) is 10.7. The first-order chi connectivity index (χ1) is 12.5. The van der Waals surface area contributed by atoms with Crippen molar-refractivity contribution in [1.29, 1.82) is 0 Å². The number of imidazole rings is 1. The van der Waals surface area contributed by atoms with Gasteiger partial charge in [0, 0.05) is 30.6 Å². The summed E-state index contributed by atoms with van der Waals surface area (Å²) in [6.45, 7) is 2.07. The number of rotatable bonds is 6. The zero-order valence-electron chi connectivity index (χ0n) is 14.3. The number of para-hydroxylation sites is 2. The van der Waals surface area contributed by atoms with Crippen molar-refractivity contribution in [2.24, 2.45) is 0 Å². The number of nitrogens with zero attached hydrogens (tertiary/aromatic N) is 2. The van der Waals surface area contributed by atoms with Crippen molar-refractivity contribution in [3.05, 3.63) is 59.4 Å². The Morgan fingerprint density at radius 1 is 1.15 bits per heavy atom. The van der Waals surface area contributed by atoms with Crippen LogP contribution in [0.2, 0.25) is 5.02 Å². The van der Waals surface area contributed by atoms with Crippen molar-refractivity contribution in [1.82, 2.24) is 14.9 Å². The van der Waals surface area contributed by atoms with E-state index in [4.69, 9.17) is 11.6 Å². The Hall–Kier alpha value is -2.86. The maximum absolute atomic E-state index is 12.5. The van der Waals surface area contributed by atoms with E-state index in [9.17, 15) is 9.59 Å². The second-order valence-electron chi connectivity index (χ2n) is 5.89. The van der Waals surface area contributed by atoms with Gasteiger partial charge in [-0.3, -0.25) is 9.59 Å². The first kappa shape index (κ1) is 17.9. The lowest BCUT2D eigenvalue weighted by molar-refractivity contribution is -0.119. The molecule has 26 heavy (non-hydrogen) atoms. The molecule has 0 unspecified atom stereocenters. The lowest BCUT2D eigenvalue weighted by atomic mass is 10.3. The van der Waals surface area contributed by atoms with Crippen LogP contribution in [-0.4, -0.2) is 27.9 Å². The molecule has 0 aliphatic carbocycles. The first-order valence-corrected chi connectivity index (χ1v) is 8.65. The third kappa shape index (κ3) is 4.40. The van der Waals surface area contributed by atoms with Gasteiger partial charge in [-0.05, 0) is 30.3 Å². The highest BCUT2D eigenvalue weighted by atomic mass is 35.5. The van der Waals surface area contributed by atoms with Gasteiger partial charge < -0.3 is 15.2 Å². The zero-order chi connectivity index (χ0) is 18.5. The summed E-state index contributed by atoms with van der Waals surface area (Å²) in [5, 5.41) is 6.16. The lowest BCUT2D eigenvalue weighted by Gasteiger charge is -2.10. The van der Waals surface area contributed by atoms with Gasteiger partial charge in [0.05, 0.1) is 11.0 Å². The number of amides is 2. The Bertz CT molecular complexity index is 952. The van der Waals surface area contributed by atoms with E-state index in [1.807, 2.05) is 28.8 Å². The van der Waals surface area contributed by atoms with Gasteiger partial charge in [0.2, 0.25) is 11.8 Å². The van der Waals surface area contributed by atoms with E-state index in [0.29, 0.717) is 23.7 Å². The number of halogens is 1. The SMILES string of the molecule is CC(=O)NCCc1nc2ccccc2n1CC(=O)Nc1cccc(Cl)c1. The minimum absolute atomic E-state index is 0.0913. The van der Waals surface area contributed by atoms with Crippen LogP contribution in [0, 0.1) is 0 Å². The topological polar surface area (TPSA) is 76.0 Å². The van der Waals surface area contributed by atoms with Gasteiger partial charge in [-0.25, -0.2) is 4.98 Å². The van der Waals surface area contributed by atoms with Crippen LogP contribution in [0.3, 0.4) is 0 Å². The second kappa shape index (κ2) is 8.01. The van der Waals surface area contributed by atoms with E-state index in [0.717, 1.165) is 16.9 Å². The standard InChI is InChI=1S/C19H19ClN4O2/c1-13(25)21-10-9-18-23-16-7-2-3-8-17(16)24(18)12-19(26)22-15-6-4-5-14(20)11-15/h2-8,11H,9-10,12H2,1H3,(H,21,25)(H,22,26). The van der Waals surface area contributed by atoms with Crippen molar-refractivity contribution in [3.63, 3.8) is 0 Å². The molecule has 134 valence electrons. The first-order valence-electron chi connectivity index (χ1n) is 8.27. The molecule has 0 saturated carbocycles. The molecule has 0 aliphatic rings. The number of benzene rings is 2. The summed E-state index contributed by atoms with van der Waals surface area (Å²) in [6.07, 6.45) is 0.540. The zero-order valence-corrected chi connectivity index (χ0v) is 15.1.